The molecule has 0 fully saturated rings. The zero-order valence-electron chi connectivity index (χ0n) is 12.3. The van der Waals surface area contributed by atoms with Crippen molar-refractivity contribution in [3.63, 3.8) is 0 Å². The van der Waals surface area contributed by atoms with E-state index in [-0.39, 0.29) is 18.4 Å². The standard InChI is InChI=1S/C16H20ClNO3/c1-3-16(4-2,15(20)21)9-18-14(19)13-7-10-5-6-11(17)8-12(10)13/h5-6,8,13H,3-4,7,9H2,1-2H3,(H,18,19)(H,20,21). The van der Waals surface area contributed by atoms with Gasteiger partial charge in [0.1, 0.15) is 0 Å². The Labute approximate surface area is 129 Å². The smallest absolute Gasteiger partial charge is 0.311 e. The van der Waals surface area contributed by atoms with E-state index >= 15 is 0 Å². The molecular formula is C16H20ClNO3. The van der Waals surface area contributed by atoms with Crippen molar-refractivity contribution in [1.82, 2.24) is 5.32 Å². The van der Waals surface area contributed by atoms with E-state index in [9.17, 15) is 14.7 Å². The number of nitrogens with one attached hydrogen (secondary N) is 1. The summed E-state index contributed by atoms with van der Waals surface area (Å²) in [6.07, 6.45) is 1.68. The van der Waals surface area contributed by atoms with Crippen LogP contribution in [-0.4, -0.2) is 23.5 Å². The molecule has 1 aromatic carbocycles. The highest BCUT2D eigenvalue weighted by Crippen LogP contribution is 2.37. The predicted molar refractivity (Wildman–Crippen MR) is 81.6 cm³/mol. The van der Waals surface area contributed by atoms with Crippen molar-refractivity contribution < 1.29 is 14.7 Å². The number of rotatable bonds is 6. The van der Waals surface area contributed by atoms with Crippen molar-refractivity contribution in [3.8, 4) is 0 Å². The fourth-order valence-electron chi connectivity index (χ4n) is 2.77. The molecule has 0 saturated carbocycles. The summed E-state index contributed by atoms with van der Waals surface area (Å²) in [4.78, 5) is 23.7. The quantitative estimate of drug-likeness (QED) is 0.849. The third-order valence-electron chi connectivity index (χ3n) is 4.63. The number of benzene rings is 1. The summed E-state index contributed by atoms with van der Waals surface area (Å²) in [5.74, 6) is -1.18. The van der Waals surface area contributed by atoms with Gasteiger partial charge in [-0.2, -0.15) is 0 Å². The van der Waals surface area contributed by atoms with E-state index in [1.165, 1.54) is 0 Å². The lowest BCUT2D eigenvalue weighted by atomic mass is 9.76. The van der Waals surface area contributed by atoms with Gasteiger partial charge in [-0.15, -0.1) is 0 Å². The van der Waals surface area contributed by atoms with Gasteiger partial charge in [0.05, 0.1) is 11.3 Å². The van der Waals surface area contributed by atoms with Crippen molar-refractivity contribution in [3.05, 3.63) is 34.3 Å². The van der Waals surface area contributed by atoms with Crippen LogP contribution in [0.1, 0.15) is 43.7 Å². The van der Waals surface area contributed by atoms with Crippen molar-refractivity contribution in [1.29, 1.82) is 0 Å². The molecule has 0 aromatic heterocycles. The van der Waals surface area contributed by atoms with Gasteiger partial charge in [-0.05, 0) is 42.5 Å². The number of aliphatic carboxylic acids is 1. The largest absolute Gasteiger partial charge is 0.481 e. The number of carboxylic acids is 1. The van der Waals surface area contributed by atoms with Crippen LogP contribution in [0.3, 0.4) is 0 Å². The second-order valence-corrected chi connectivity index (χ2v) is 6.05. The Hall–Kier alpha value is -1.55. The van der Waals surface area contributed by atoms with Crippen LogP contribution in [0.4, 0.5) is 0 Å². The van der Waals surface area contributed by atoms with Gasteiger partial charge < -0.3 is 10.4 Å². The second kappa shape index (κ2) is 6.06. The summed E-state index contributed by atoms with van der Waals surface area (Å²) in [5, 5.41) is 12.8. The molecule has 2 N–H and O–H groups in total. The van der Waals surface area contributed by atoms with E-state index in [4.69, 9.17) is 11.6 Å². The minimum atomic E-state index is -0.878. The Balaban J connectivity index is 2.02. The number of hydrogen-bond donors (Lipinski definition) is 2. The molecule has 0 heterocycles. The zero-order valence-corrected chi connectivity index (χ0v) is 13.0. The Morgan fingerprint density at radius 2 is 2.05 bits per heavy atom. The summed E-state index contributed by atoms with van der Waals surface area (Å²) in [5.41, 5.74) is 1.21. The Kier molecular flexibility index (Phi) is 4.57. The van der Waals surface area contributed by atoms with Crippen LogP contribution in [0.5, 0.6) is 0 Å². The number of amides is 1. The lowest BCUT2D eigenvalue weighted by molar-refractivity contribution is -0.149. The van der Waals surface area contributed by atoms with Gasteiger partial charge in [0.2, 0.25) is 5.91 Å². The summed E-state index contributed by atoms with van der Waals surface area (Å²) in [6.45, 7) is 3.84. The molecule has 4 nitrogen and oxygen atoms in total. The Morgan fingerprint density at radius 1 is 1.38 bits per heavy atom. The van der Waals surface area contributed by atoms with E-state index in [1.54, 1.807) is 0 Å². The topological polar surface area (TPSA) is 66.4 Å². The first-order valence-electron chi connectivity index (χ1n) is 7.23. The van der Waals surface area contributed by atoms with E-state index in [0.29, 0.717) is 24.3 Å². The molecule has 0 bridgehead atoms. The highest BCUT2D eigenvalue weighted by molar-refractivity contribution is 6.30. The van der Waals surface area contributed by atoms with Crippen LogP contribution < -0.4 is 5.32 Å². The lowest BCUT2D eigenvalue weighted by Gasteiger charge is -2.32. The molecule has 1 unspecified atom stereocenters. The van der Waals surface area contributed by atoms with E-state index in [0.717, 1.165) is 11.1 Å². The van der Waals surface area contributed by atoms with Crippen LogP contribution in [0.25, 0.3) is 0 Å². The van der Waals surface area contributed by atoms with E-state index in [2.05, 4.69) is 5.32 Å². The number of carbonyl (C=O) groups is 2. The molecule has 0 spiro atoms. The number of fused-ring (bicyclic) bond motifs is 1. The monoisotopic (exact) mass is 309 g/mol. The third kappa shape index (κ3) is 2.91. The first-order chi connectivity index (χ1) is 9.93. The SMILES string of the molecule is CCC(CC)(CNC(=O)C1Cc2ccc(Cl)cc21)C(=O)O. The second-order valence-electron chi connectivity index (χ2n) is 5.61. The maximum Gasteiger partial charge on any atom is 0.311 e. The minimum Gasteiger partial charge on any atom is -0.481 e. The fraction of sp³-hybridized carbons (Fsp3) is 0.500. The van der Waals surface area contributed by atoms with E-state index in [1.807, 2.05) is 32.0 Å². The molecule has 0 saturated heterocycles. The number of carboxylic acid groups (broad SMARTS) is 1. The summed E-state index contributed by atoms with van der Waals surface area (Å²) in [7, 11) is 0. The molecule has 5 heteroatoms. The minimum absolute atomic E-state index is 0.114. The van der Waals surface area contributed by atoms with Crippen molar-refractivity contribution in [2.24, 2.45) is 5.41 Å². The molecule has 1 aliphatic carbocycles. The molecule has 1 aliphatic rings. The normalized spacial score (nSPS) is 16.8. The Bertz CT molecular complexity index is 567. The van der Waals surface area contributed by atoms with Crippen molar-refractivity contribution in [2.75, 3.05) is 6.54 Å². The van der Waals surface area contributed by atoms with Crippen LogP contribution in [0.15, 0.2) is 18.2 Å². The van der Waals surface area contributed by atoms with E-state index < -0.39 is 11.4 Å². The molecule has 1 aromatic rings. The van der Waals surface area contributed by atoms with Crippen LogP contribution in [0.2, 0.25) is 5.02 Å². The molecule has 2 rings (SSSR count). The molecule has 1 amide bonds. The first kappa shape index (κ1) is 15.8. The average Bonchev–Trinajstić information content (AvgIpc) is 2.44. The molecule has 0 aliphatic heterocycles. The maximum atomic E-state index is 12.3. The van der Waals surface area contributed by atoms with Crippen LogP contribution in [-0.2, 0) is 16.0 Å². The first-order valence-corrected chi connectivity index (χ1v) is 7.60. The third-order valence-corrected chi connectivity index (χ3v) is 4.87. The summed E-state index contributed by atoms with van der Waals surface area (Å²) in [6, 6.07) is 5.56. The van der Waals surface area contributed by atoms with Crippen LogP contribution >= 0.6 is 11.6 Å². The molecule has 1 atom stereocenters. The summed E-state index contributed by atoms with van der Waals surface area (Å²) >= 11 is 5.95. The molecule has 0 radical (unpaired) electrons. The Morgan fingerprint density at radius 3 is 2.62 bits per heavy atom. The number of hydrogen-bond acceptors (Lipinski definition) is 2. The predicted octanol–water partition coefficient (Wildman–Crippen LogP) is 2.99. The van der Waals surface area contributed by atoms with Gasteiger partial charge in [0.25, 0.3) is 0 Å². The van der Waals surface area contributed by atoms with Crippen LogP contribution in [0, 0.1) is 5.41 Å². The van der Waals surface area contributed by atoms with Crippen molar-refractivity contribution in [2.45, 2.75) is 39.0 Å². The van der Waals surface area contributed by atoms with Gasteiger partial charge >= 0.3 is 5.97 Å². The van der Waals surface area contributed by atoms with Gasteiger partial charge in [-0.3, -0.25) is 9.59 Å². The molecule has 114 valence electrons. The highest BCUT2D eigenvalue weighted by atomic mass is 35.5. The van der Waals surface area contributed by atoms with Gasteiger partial charge in [0.15, 0.2) is 0 Å². The summed E-state index contributed by atoms with van der Waals surface area (Å²) < 4.78 is 0. The highest BCUT2D eigenvalue weighted by Gasteiger charge is 2.37. The zero-order chi connectivity index (χ0) is 15.6. The maximum absolute atomic E-state index is 12.3. The molecular weight excluding hydrogens is 290 g/mol. The fourth-order valence-corrected chi connectivity index (χ4v) is 2.95. The molecule has 21 heavy (non-hydrogen) atoms. The van der Waals surface area contributed by atoms with Gasteiger partial charge in [0, 0.05) is 11.6 Å². The lowest BCUT2D eigenvalue weighted by Crippen LogP contribution is -2.45. The van der Waals surface area contributed by atoms with Crippen molar-refractivity contribution >= 4 is 23.5 Å². The average molecular weight is 310 g/mol. The number of carbonyl (C=O) groups excluding carboxylic acids is 1. The number of halogens is 1. The van der Waals surface area contributed by atoms with Gasteiger partial charge in [-0.25, -0.2) is 0 Å². The van der Waals surface area contributed by atoms with Gasteiger partial charge in [-0.1, -0.05) is 31.5 Å².